The van der Waals surface area contributed by atoms with Crippen LogP contribution in [0.15, 0.2) is 60.8 Å². The summed E-state index contributed by atoms with van der Waals surface area (Å²) < 4.78 is 24.6. The van der Waals surface area contributed by atoms with Crippen molar-refractivity contribution in [1.82, 2.24) is 25.3 Å². The summed E-state index contributed by atoms with van der Waals surface area (Å²) in [6, 6.07) is 16.2. The van der Waals surface area contributed by atoms with Gasteiger partial charge in [0.1, 0.15) is 0 Å². The van der Waals surface area contributed by atoms with Crippen LogP contribution >= 0.6 is 7.37 Å². The number of rotatable bonds is 13. The van der Waals surface area contributed by atoms with E-state index in [1.54, 1.807) is 25.3 Å². The highest BCUT2D eigenvalue weighted by Gasteiger charge is 2.30. The van der Waals surface area contributed by atoms with E-state index < -0.39 is 19.4 Å². The van der Waals surface area contributed by atoms with Crippen molar-refractivity contribution in [3.05, 3.63) is 77.6 Å². The molecule has 0 radical (unpaired) electrons. The summed E-state index contributed by atoms with van der Waals surface area (Å²) in [5.74, 6) is -0.715. The zero-order valence-electron chi connectivity index (χ0n) is 24.3. The monoisotopic (exact) mass is 606 g/mol. The van der Waals surface area contributed by atoms with Crippen molar-refractivity contribution in [3.63, 3.8) is 0 Å². The minimum absolute atomic E-state index is 0.0337. The number of ether oxygens (including phenoxy) is 1. The first kappa shape index (κ1) is 31.3. The second-order valence-electron chi connectivity index (χ2n) is 9.84. The lowest BCUT2D eigenvalue weighted by Crippen LogP contribution is -2.28. The molecule has 13 nitrogen and oxygen atoms in total. The minimum atomic E-state index is -3.35. The molecule has 14 heteroatoms. The van der Waals surface area contributed by atoms with E-state index >= 15 is 0 Å². The van der Waals surface area contributed by atoms with Crippen LogP contribution in [0.2, 0.25) is 0 Å². The quantitative estimate of drug-likeness (QED) is 0.149. The highest BCUT2D eigenvalue weighted by molar-refractivity contribution is 7.58. The second kappa shape index (κ2) is 14.0. The molecule has 2 heterocycles. The third-order valence-corrected chi connectivity index (χ3v) is 8.90. The predicted octanol–water partition coefficient (Wildman–Crippen LogP) is 3.40. The SMILES string of the molecule is CCOC(=O)[C@H](C)OP(=O)(CCNC(=O)c1ccc(N(C)Cc2cnc3nc(N)nc(N)c3n2)cc1)Cc1ccccc1. The molecule has 2 aromatic carbocycles. The fourth-order valence-corrected chi connectivity index (χ4v) is 6.54. The minimum Gasteiger partial charge on any atom is -0.464 e. The number of anilines is 3. The molecule has 226 valence electrons. The molecule has 1 unspecified atom stereocenters. The molecule has 0 saturated carbocycles. The Balaban J connectivity index is 1.36. The van der Waals surface area contributed by atoms with Crippen LogP contribution < -0.4 is 21.7 Å². The molecule has 4 aromatic rings. The first-order valence-corrected chi connectivity index (χ1v) is 15.7. The van der Waals surface area contributed by atoms with Gasteiger partial charge in [0.2, 0.25) is 13.3 Å². The summed E-state index contributed by atoms with van der Waals surface area (Å²) in [6.07, 6.45) is 0.775. The third kappa shape index (κ3) is 8.46. The van der Waals surface area contributed by atoms with Gasteiger partial charge in [-0.3, -0.25) is 9.36 Å². The normalized spacial score (nSPS) is 13.2. The first-order chi connectivity index (χ1) is 20.6. The highest BCUT2D eigenvalue weighted by Crippen LogP contribution is 2.51. The average molecular weight is 607 g/mol. The molecule has 2 atom stereocenters. The van der Waals surface area contributed by atoms with Crippen LogP contribution in [0.3, 0.4) is 0 Å². The lowest BCUT2D eigenvalue weighted by Gasteiger charge is -2.22. The van der Waals surface area contributed by atoms with Gasteiger partial charge in [0.15, 0.2) is 23.1 Å². The summed E-state index contributed by atoms with van der Waals surface area (Å²) >= 11 is 0. The Hall–Kier alpha value is -4.61. The first-order valence-electron chi connectivity index (χ1n) is 13.7. The molecule has 1 amide bonds. The Morgan fingerprint density at radius 1 is 1.05 bits per heavy atom. The number of aromatic nitrogens is 4. The van der Waals surface area contributed by atoms with Crippen LogP contribution in [0.1, 0.15) is 35.5 Å². The second-order valence-corrected chi connectivity index (χ2v) is 12.4. The van der Waals surface area contributed by atoms with E-state index in [9.17, 15) is 14.2 Å². The summed E-state index contributed by atoms with van der Waals surface area (Å²) in [4.78, 5) is 43.7. The Morgan fingerprint density at radius 3 is 2.47 bits per heavy atom. The van der Waals surface area contributed by atoms with E-state index in [1.165, 1.54) is 6.92 Å². The number of nitrogens with two attached hydrogens (primary N) is 2. The van der Waals surface area contributed by atoms with Crippen molar-refractivity contribution < 1.29 is 23.4 Å². The van der Waals surface area contributed by atoms with Crippen LogP contribution in [0, 0.1) is 0 Å². The van der Waals surface area contributed by atoms with Crippen LogP contribution in [-0.4, -0.2) is 64.3 Å². The number of hydrogen-bond donors (Lipinski definition) is 3. The summed E-state index contributed by atoms with van der Waals surface area (Å²) in [5, 5.41) is 2.81. The number of carbonyl (C=O) groups is 2. The van der Waals surface area contributed by atoms with E-state index in [4.69, 9.17) is 20.7 Å². The summed E-state index contributed by atoms with van der Waals surface area (Å²) in [7, 11) is -1.47. The maximum atomic E-state index is 13.8. The molecular weight excluding hydrogens is 571 g/mol. The molecule has 0 spiro atoms. The molecule has 0 bridgehead atoms. The van der Waals surface area contributed by atoms with Gasteiger partial charge in [-0.2, -0.15) is 9.97 Å². The van der Waals surface area contributed by atoms with Gasteiger partial charge in [-0.1, -0.05) is 30.3 Å². The maximum Gasteiger partial charge on any atom is 0.335 e. The standard InChI is InChI=1S/C29H35N8O5P/c1-4-41-28(39)19(2)42-43(40,18-20-8-6-5-7-9-20)15-14-32-27(38)21-10-12-23(13-11-21)37(3)17-22-16-33-26-24(34-22)25(30)35-29(31)36-26/h5-13,16,19H,4,14-15,17-18H2,1-3H3,(H,32,38)(H4,30,31,33,35,36)/t19-,43?/m0/s1. The van der Waals surface area contributed by atoms with Crippen LogP contribution in [0.25, 0.3) is 11.2 Å². The van der Waals surface area contributed by atoms with Crippen molar-refractivity contribution in [2.75, 3.05) is 42.7 Å². The molecular formula is C29H35N8O5P. The maximum absolute atomic E-state index is 13.8. The van der Waals surface area contributed by atoms with Crippen molar-refractivity contribution in [1.29, 1.82) is 0 Å². The number of benzene rings is 2. The molecule has 0 aliphatic carbocycles. The van der Waals surface area contributed by atoms with Gasteiger partial charge >= 0.3 is 5.97 Å². The van der Waals surface area contributed by atoms with Gasteiger partial charge < -0.3 is 30.9 Å². The molecule has 0 saturated heterocycles. The van der Waals surface area contributed by atoms with Gasteiger partial charge in [0.05, 0.1) is 25.0 Å². The molecule has 43 heavy (non-hydrogen) atoms. The molecule has 2 aromatic heterocycles. The number of hydrogen-bond acceptors (Lipinski definition) is 12. The van der Waals surface area contributed by atoms with Crippen molar-refractivity contribution >= 4 is 47.9 Å². The van der Waals surface area contributed by atoms with Gasteiger partial charge in [-0.05, 0) is 43.7 Å². The topological polar surface area (TPSA) is 189 Å². The lowest BCUT2D eigenvalue weighted by atomic mass is 10.2. The number of esters is 1. The lowest BCUT2D eigenvalue weighted by molar-refractivity contribution is -0.150. The van der Waals surface area contributed by atoms with E-state index in [0.717, 1.165) is 11.3 Å². The van der Waals surface area contributed by atoms with Crippen molar-refractivity contribution in [3.8, 4) is 0 Å². The summed E-state index contributed by atoms with van der Waals surface area (Å²) in [5.41, 5.74) is 15.0. The fraction of sp³-hybridized carbons (Fsp3) is 0.310. The Morgan fingerprint density at radius 2 is 1.77 bits per heavy atom. The Kier molecular flexibility index (Phi) is 10.2. The smallest absolute Gasteiger partial charge is 0.335 e. The number of carbonyl (C=O) groups excluding carboxylic acids is 2. The summed E-state index contributed by atoms with van der Waals surface area (Å²) in [6.45, 7) is 3.91. The van der Waals surface area contributed by atoms with Gasteiger partial charge in [-0.15, -0.1) is 0 Å². The average Bonchev–Trinajstić information content (AvgIpc) is 2.98. The Labute approximate surface area is 249 Å². The van der Waals surface area contributed by atoms with Gasteiger partial charge in [0, 0.05) is 37.2 Å². The van der Waals surface area contributed by atoms with E-state index in [0.29, 0.717) is 29.0 Å². The highest BCUT2D eigenvalue weighted by atomic mass is 31.2. The molecule has 0 fully saturated rings. The fourth-order valence-electron chi connectivity index (χ4n) is 4.32. The predicted molar refractivity (Wildman–Crippen MR) is 165 cm³/mol. The van der Waals surface area contributed by atoms with E-state index in [2.05, 4.69) is 25.3 Å². The number of nitrogens with zero attached hydrogens (tertiary/aromatic N) is 5. The molecule has 4 rings (SSSR count). The molecule has 0 aliphatic rings. The van der Waals surface area contributed by atoms with Crippen LogP contribution in [0.5, 0.6) is 0 Å². The molecule has 0 aliphatic heterocycles. The van der Waals surface area contributed by atoms with Gasteiger partial charge in [0.25, 0.3) is 5.91 Å². The zero-order chi connectivity index (χ0) is 31.0. The van der Waals surface area contributed by atoms with Crippen molar-refractivity contribution in [2.45, 2.75) is 32.7 Å². The molecule has 5 N–H and O–H groups in total. The number of nitrogen functional groups attached to an aromatic ring is 2. The van der Waals surface area contributed by atoms with E-state index in [-0.39, 0.29) is 43.1 Å². The number of fused-ring (bicyclic) bond motifs is 1. The van der Waals surface area contributed by atoms with Crippen molar-refractivity contribution in [2.24, 2.45) is 0 Å². The zero-order valence-corrected chi connectivity index (χ0v) is 25.2. The van der Waals surface area contributed by atoms with Crippen LogP contribution in [-0.2, 0) is 31.3 Å². The third-order valence-electron chi connectivity index (χ3n) is 6.44. The number of amides is 1. The largest absolute Gasteiger partial charge is 0.464 e. The van der Waals surface area contributed by atoms with Crippen LogP contribution in [0.4, 0.5) is 17.5 Å². The Bertz CT molecular complexity index is 1620. The van der Waals surface area contributed by atoms with E-state index in [1.807, 2.05) is 54.4 Å². The number of nitrogens with one attached hydrogen (secondary N) is 1. The van der Waals surface area contributed by atoms with Gasteiger partial charge in [-0.25, -0.2) is 14.8 Å².